The van der Waals surface area contributed by atoms with Crippen molar-refractivity contribution >= 4 is 11.8 Å². The summed E-state index contributed by atoms with van der Waals surface area (Å²) in [5.41, 5.74) is 3.95. The Kier molecular flexibility index (Phi) is 4.15. The van der Waals surface area contributed by atoms with Crippen molar-refractivity contribution < 1.29 is 14.3 Å². The molecule has 0 fully saturated rings. The molecule has 0 radical (unpaired) electrons. The van der Waals surface area contributed by atoms with Gasteiger partial charge in [-0.05, 0) is 30.0 Å². The van der Waals surface area contributed by atoms with Gasteiger partial charge in [0.15, 0.2) is 0 Å². The fourth-order valence-electron chi connectivity index (χ4n) is 2.20. The lowest BCUT2D eigenvalue weighted by molar-refractivity contribution is -0.138. The van der Waals surface area contributed by atoms with E-state index in [2.05, 4.69) is 12.6 Å². The van der Waals surface area contributed by atoms with Gasteiger partial charge < -0.3 is 4.74 Å². The molecule has 0 saturated carbocycles. The van der Waals surface area contributed by atoms with E-state index < -0.39 is 0 Å². The molecule has 0 aliphatic heterocycles. The van der Waals surface area contributed by atoms with Gasteiger partial charge in [0.05, 0.1) is 6.61 Å². The van der Waals surface area contributed by atoms with E-state index in [4.69, 9.17) is 4.74 Å². The van der Waals surface area contributed by atoms with Gasteiger partial charge in [0.25, 0.3) is 0 Å². The molecule has 0 amide bonds. The van der Waals surface area contributed by atoms with Crippen LogP contribution in [0.1, 0.15) is 30.0 Å². The van der Waals surface area contributed by atoms with Crippen molar-refractivity contribution in [2.75, 3.05) is 6.61 Å². The quantitative estimate of drug-likeness (QED) is 0.615. The van der Waals surface area contributed by atoms with Crippen LogP contribution in [0.5, 0.6) is 0 Å². The lowest BCUT2D eigenvalue weighted by Gasteiger charge is -2.16. The van der Waals surface area contributed by atoms with E-state index in [1.165, 1.54) is 5.56 Å². The maximum absolute atomic E-state index is 11.4. The number of benzene rings is 1. The monoisotopic (exact) mass is 258 g/mol. The van der Waals surface area contributed by atoms with Crippen LogP contribution >= 0.6 is 0 Å². The fourth-order valence-corrected chi connectivity index (χ4v) is 2.20. The molecule has 0 unspecified atom stereocenters. The third-order valence-corrected chi connectivity index (χ3v) is 3.30. The van der Waals surface area contributed by atoms with Crippen LogP contribution in [-0.2, 0) is 33.6 Å². The second-order valence-corrected chi connectivity index (χ2v) is 4.98. The van der Waals surface area contributed by atoms with Crippen molar-refractivity contribution in [2.45, 2.75) is 32.6 Å². The minimum atomic E-state index is -0.344. The predicted molar refractivity (Wildman–Crippen MR) is 73.0 cm³/mol. The molecule has 1 aliphatic carbocycles. The Morgan fingerprint density at radius 1 is 1.32 bits per heavy atom. The summed E-state index contributed by atoms with van der Waals surface area (Å²) in [5, 5.41) is 0. The van der Waals surface area contributed by atoms with Crippen molar-refractivity contribution in [1.82, 2.24) is 0 Å². The van der Waals surface area contributed by atoms with E-state index in [0.29, 0.717) is 37.2 Å². The summed E-state index contributed by atoms with van der Waals surface area (Å²) in [7, 11) is 0. The number of carbonyl (C=O) groups excluding carboxylic acids is 2. The fraction of sp³-hybridized carbons (Fsp3) is 0.375. The Morgan fingerprint density at radius 3 is 2.84 bits per heavy atom. The van der Waals surface area contributed by atoms with Crippen LogP contribution < -0.4 is 0 Å². The summed E-state index contributed by atoms with van der Waals surface area (Å²) in [6.45, 7) is 5.54. The van der Waals surface area contributed by atoms with Gasteiger partial charge in [-0.1, -0.05) is 24.8 Å². The summed E-state index contributed by atoms with van der Waals surface area (Å²) in [6, 6.07) is 6.14. The molecular formula is C16H18O3. The molecule has 1 aromatic rings. The Balaban J connectivity index is 1.94. The third-order valence-electron chi connectivity index (χ3n) is 3.30. The summed E-state index contributed by atoms with van der Waals surface area (Å²) in [4.78, 5) is 22.6. The molecule has 0 spiro atoms. The Bertz CT molecular complexity index is 529. The summed E-state index contributed by atoms with van der Waals surface area (Å²) >= 11 is 0. The minimum Gasteiger partial charge on any atom is -0.462 e. The topological polar surface area (TPSA) is 43.4 Å². The Morgan fingerprint density at radius 2 is 2.11 bits per heavy atom. The normalized spacial score (nSPS) is 13.8. The van der Waals surface area contributed by atoms with Crippen LogP contribution in [0.3, 0.4) is 0 Å². The summed E-state index contributed by atoms with van der Waals surface area (Å²) in [6.07, 6.45) is 2.72. The second-order valence-electron chi connectivity index (χ2n) is 4.98. The molecule has 19 heavy (non-hydrogen) atoms. The highest BCUT2D eigenvalue weighted by atomic mass is 16.5. The van der Waals surface area contributed by atoms with Gasteiger partial charge in [-0.15, -0.1) is 0 Å². The number of Topliss-reactive ketones (excluding diaryl/α,β-unsaturated/α-hetero) is 1. The largest absolute Gasteiger partial charge is 0.462 e. The molecule has 0 bridgehead atoms. The van der Waals surface area contributed by atoms with Crippen molar-refractivity contribution in [3.05, 3.63) is 47.0 Å². The molecule has 1 aromatic carbocycles. The van der Waals surface area contributed by atoms with E-state index in [0.717, 1.165) is 17.5 Å². The highest BCUT2D eigenvalue weighted by molar-refractivity contribution is 5.86. The molecule has 0 atom stereocenters. The van der Waals surface area contributed by atoms with E-state index in [1.807, 2.05) is 12.1 Å². The maximum Gasteiger partial charge on any atom is 0.333 e. The van der Waals surface area contributed by atoms with Crippen molar-refractivity contribution in [2.24, 2.45) is 0 Å². The molecular weight excluding hydrogens is 240 g/mol. The molecule has 0 aromatic heterocycles. The molecule has 2 rings (SSSR count). The highest BCUT2D eigenvalue weighted by Crippen LogP contribution is 2.20. The van der Waals surface area contributed by atoms with E-state index >= 15 is 0 Å². The first kappa shape index (κ1) is 13.5. The Labute approximate surface area is 113 Å². The average Bonchev–Trinajstić information content (AvgIpc) is 2.38. The number of fused-ring (bicyclic) bond motifs is 1. The van der Waals surface area contributed by atoms with E-state index in [-0.39, 0.29) is 5.97 Å². The number of hydrogen-bond acceptors (Lipinski definition) is 3. The highest BCUT2D eigenvalue weighted by Gasteiger charge is 2.15. The zero-order chi connectivity index (χ0) is 13.8. The number of ketones is 1. The number of esters is 1. The van der Waals surface area contributed by atoms with Crippen molar-refractivity contribution in [3.8, 4) is 0 Å². The minimum absolute atomic E-state index is 0.315. The number of carbonyl (C=O) groups is 2. The maximum atomic E-state index is 11.4. The van der Waals surface area contributed by atoms with Gasteiger partial charge in [0.2, 0.25) is 0 Å². The van der Waals surface area contributed by atoms with Crippen LogP contribution in [0.25, 0.3) is 0 Å². The zero-order valence-corrected chi connectivity index (χ0v) is 11.2. The SMILES string of the molecule is C=C(C)C(=O)OCCc1ccc2c(c1)CCC(=O)C2. The Hall–Kier alpha value is -1.90. The van der Waals surface area contributed by atoms with Crippen LogP contribution in [0.4, 0.5) is 0 Å². The lowest BCUT2D eigenvalue weighted by atomic mass is 9.89. The summed E-state index contributed by atoms with van der Waals surface area (Å²) < 4.78 is 5.08. The van der Waals surface area contributed by atoms with E-state index in [1.54, 1.807) is 6.92 Å². The third kappa shape index (κ3) is 3.53. The number of hydrogen-bond donors (Lipinski definition) is 0. The molecule has 1 aliphatic rings. The molecule has 0 N–H and O–H groups in total. The molecule has 0 saturated heterocycles. The first-order valence-corrected chi connectivity index (χ1v) is 6.51. The number of rotatable bonds is 4. The van der Waals surface area contributed by atoms with Gasteiger partial charge in [0.1, 0.15) is 5.78 Å². The van der Waals surface area contributed by atoms with Crippen molar-refractivity contribution in [3.63, 3.8) is 0 Å². The smallest absolute Gasteiger partial charge is 0.333 e. The van der Waals surface area contributed by atoms with Crippen LogP contribution in [0, 0.1) is 0 Å². The molecule has 0 heterocycles. The van der Waals surface area contributed by atoms with Gasteiger partial charge in [0, 0.05) is 24.8 Å². The standard InChI is InChI=1S/C16H18O3/c1-11(2)16(18)19-8-7-12-3-4-14-10-15(17)6-5-13(14)9-12/h3-4,9H,1,5-8,10H2,2H3. The molecule has 100 valence electrons. The molecule has 3 heteroatoms. The van der Waals surface area contributed by atoms with Gasteiger partial charge in [-0.25, -0.2) is 4.79 Å². The van der Waals surface area contributed by atoms with Crippen LogP contribution in [-0.4, -0.2) is 18.4 Å². The van der Waals surface area contributed by atoms with Crippen LogP contribution in [0.15, 0.2) is 30.4 Å². The van der Waals surface area contributed by atoms with Gasteiger partial charge >= 0.3 is 5.97 Å². The lowest BCUT2D eigenvalue weighted by Crippen LogP contribution is -2.14. The van der Waals surface area contributed by atoms with Gasteiger partial charge in [-0.3, -0.25) is 4.79 Å². The molecule has 3 nitrogen and oxygen atoms in total. The van der Waals surface area contributed by atoms with Gasteiger partial charge in [-0.2, -0.15) is 0 Å². The predicted octanol–water partition coefficient (Wildman–Crippen LogP) is 2.41. The van der Waals surface area contributed by atoms with Crippen molar-refractivity contribution in [1.29, 1.82) is 0 Å². The second kappa shape index (κ2) is 5.83. The zero-order valence-electron chi connectivity index (χ0n) is 11.2. The average molecular weight is 258 g/mol. The first-order valence-electron chi connectivity index (χ1n) is 6.51. The van der Waals surface area contributed by atoms with E-state index in [9.17, 15) is 9.59 Å². The van der Waals surface area contributed by atoms with Crippen LogP contribution in [0.2, 0.25) is 0 Å². The first-order chi connectivity index (χ1) is 9.06. The summed E-state index contributed by atoms with van der Waals surface area (Å²) in [5.74, 6) is -0.0285. The number of aryl methyl sites for hydroxylation is 1. The number of ether oxygens (including phenoxy) is 1.